The molecule has 0 amide bonds. The Morgan fingerprint density at radius 2 is 1.87 bits per heavy atom. The molecule has 1 fully saturated rings. The van der Waals surface area contributed by atoms with E-state index in [0.29, 0.717) is 18.7 Å². The first-order valence-corrected chi connectivity index (χ1v) is 8.82. The molecular weight excluding hydrogens is 543 g/mol. The second-order valence-corrected chi connectivity index (χ2v) is 7.59. The number of ether oxygens (including phenoxy) is 2. The third-order valence-electron chi connectivity index (χ3n) is 3.55. The van der Waals surface area contributed by atoms with E-state index >= 15 is 0 Å². The average Bonchev–Trinajstić information content (AvgIpc) is 2.74. The van der Waals surface area contributed by atoms with E-state index < -0.39 is 8.53 Å². The quantitative estimate of drug-likeness (QED) is 0.253. The summed E-state index contributed by atoms with van der Waals surface area (Å²) >= 11 is 0. The number of nitrogens with zero attached hydrogens (tertiary/aromatic N) is 1. The van der Waals surface area contributed by atoms with Crippen molar-refractivity contribution in [1.29, 1.82) is 0 Å². The fraction of sp³-hybridized carbons (Fsp3) is 0.867. The summed E-state index contributed by atoms with van der Waals surface area (Å²) in [6, 6.07) is 0.654. The summed E-state index contributed by atoms with van der Waals surface area (Å²) in [5, 5.41) is 0. The fourth-order valence-corrected chi connectivity index (χ4v) is 3.94. The maximum absolute atomic E-state index is 11.1. The summed E-state index contributed by atoms with van der Waals surface area (Å²) in [6.07, 6.45) is -0.447. The Morgan fingerprint density at radius 1 is 1.30 bits per heavy atom. The van der Waals surface area contributed by atoms with Crippen molar-refractivity contribution < 1.29 is 54.4 Å². The van der Waals surface area contributed by atoms with Crippen LogP contribution >= 0.6 is 8.53 Å². The van der Waals surface area contributed by atoms with Gasteiger partial charge >= 0.3 is 0 Å². The molecule has 0 N–H and O–H groups in total. The Labute approximate surface area is 165 Å². The summed E-state index contributed by atoms with van der Waals surface area (Å²) in [4.78, 5) is 11.1. The van der Waals surface area contributed by atoms with Crippen LogP contribution in [0.25, 0.3) is 0 Å². The van der Waals surface area contributed by atoms with Gasteiger partial charge < -0.3 is 18.5 Å². The standard InChI is InChI=1S/C15H29NO5P.U/c1-10(2)16(11(3)4)22(18-7)20-9-14-12(5)15(8-19-14)21-13(6)17;/h8,10-12,14-15H,9H2,1-7H3;/q-1;. The van der Waals surface area contributed by atoms with Gasteiger partial charge in [-0.3, -0.25) is 4.79 Å². The summed E-state index contributed by atoms with van der Waals surface area (Å²) < 4.78 is 24.5. The molecule has 1 heterocycles. The second kappa shape index (κ2) is 11.4. The number of hydrogen-bond acceptors (Lipinski definition) is 6. The topological polar surface area (TPSA) is 57.2 Å². The minimum atomic E-state index is -1.14. The van der Waals surface area contributed by atoms with Gasteiger partial charge in [0.2, 0.25) is 0 Å². The van der Waals surface area contributed by atoms with Crippen LogP contribution in [0, 0.1) is 43.6 Å². The molecular formula is C15H29NO5PU-. The van der Waals surface area contributed by atoms with Crippen molar-refractivity contribution in [2.45, 2.75) is 65.8 Å². The molecule has 0 aromatic heterocycles. The van der Waals surface area contributed by atoms with Crippen molar-refractivity contribution >= 4 is 14.5 Å². The molecule has 1 aliphatic heterocycles. The molecule has 1 rings (SSSR count). The van der Waals surface area contributed by atoms with Crippen LogP contribution in [0.5, 0.6) is 0 Å². The SMILES string of the molecule is COP(OCC1O[CH-]C(OC(C)=O)C1C)N(C(C)C)C(C)C.[U]. The van der Waals surface area contributed by atoms with E-state index in [2.05, 4.69) is 32.4 Å². The van der Waals surface area contributed by atoms with Crippen LogP contribution in [0.2, 0.25) is 0 Å². The van der Waals surface area contributed by atoms with Crippen LogP contribution in [0.1, 0.15) is 41.5 Å². The van der Waals surface area contributed by atoms with Crippen molar-refractivity contribution in [1.82, 2.24) is 4.67 Å². The van der Waals surface area contributed by atoms with Gasteiger partial charge in [-0.2, -0.15) is 6.61 Å². The summed E-state index contributed by atoms with van der Waals surface area (Å²) in [7, 11) is 0.528. The van der Waals surface area contributed by atoms with E-state index in [1.165, 1.54) is 6.92 Å². The summed E-state index contributed by atoms with van der Waals surface area (Å²) in [5.41, 5.74) is 0. The van der Waals surface area contributed by atoms with Gasteiger partial charge in [0, 0.05) is 63.3 Å². The van der Waals surface area contributed by atoms with Crippen LogP contribution in [0.3, 0.4) is 0 Å². The molecule has 0 aliphatic carbocycles. The molecule has 8 heteroatoms. The molecule has 1 aliphatic rings. The van der Waals surface area contributed by atoms with Crippen molar-refractivity contribution in [3.05, 3.63) is 6.61 Å². The van der Waals surface area contributed by atoms with E-state index in [4.69, 9.17) is 18.5 Å². The van der Waals surface area contributed by atoms with Crippen molar-refractivity contribution in [3.63, 3.8) is 0 Å². The normalized spacial score (nSPS) is 25.7. The van der Waals surface area contributed by atoms with Gasteiger partial charge in [0.15, 0.2) is 0 Å². The predicted octanol–water partition coefficient (Wildman–Crippen LogP) is 3.12. The minimum Gasteiger partial charge on any atom is -0.544 e. The van der Waals surface area contributed by atoms with E-state index in [0.717, 1.165) is 0 Å². The molecule has 4 unspecified atom stereocenters. The van der Waals surface area contributed by atoms with Gasteiger partial charge in [-0.15, -0.1) is 0 Å². The molecule has 4 atom stereocenters. The van der Waals surface area contributed by atoms with Crippen LogP contribution in [0.15, 0.2) is 0 Å². The van der Waals surface area contributed by atoms with E-state index in [-0.39, 0.29) is 55.2 Å². The Bertz CT molecular complexity index is 351. The Kier molecular flexibility index (Phi) is 11.8. The van der Waals surface area contributed by atoms with Gasteiger partial charge in [0.25, 0.3) is 14.5 Å². The number of carbonyl (C=O) groups is 1. The molecule has 134 valence electrons. The average molecular weight is 572 g/mol. The van der Waals surface area contributed by atoms with E-state index in [9.17, 15) is 4.79 Å². The molecule has 0 radical (unpaired) electrons. The van der Waals surface area contributed by atoms with Crippen LogP contribution < -0.4 is 0 Å². The zero-order valence-electron chi connectivity index (χ0n) is 15.1. The number of hydrogen-bond donors (Lipinski definition) is 0. The predicted molar refractivity (Wildman–Crippen MR) is 85.9 cm³/mol. The maximum Gasteiger partial charge on any atom is 0.300 e. The first-order chi connectivity index (χ1) is 10.3. The van der Waals surface area contributed by atoms with Gasteiger partial charge in [0.05, 0.1) is 12.7 Å². The Balaban J connectivity index is 0.00000484. The van der Waals surface area contributed by atoms with Crippen LogP contribution in [-0.2, 0) is 23.3 Å². The van der Waals surface area contributed by atoms with Gasteiger partial charge in [0.1, 0.15) is 0 Å². The molecule has 0 aromatic rings. The molecule has 0 saturated carbocycles. The zero-order chi connectivity index (χ0) is 16.9. The van der Waals surface area contributed by atoms with E-state index in [1.807, 2.05) is 6.92 Å². The molecule has 0 bridgehead atoms. The smallest absolute Gasteiger partial charge is 0.300 e. The van der Waals surface area contributed by atoms with Crippen LogP contribution in [0.4, 0.5) is 0 Å². The first-order valence-electron chi connectivity index (χ1n) is 7.69. The molecule has 23 heavy (non-hydrogen) atoms. The van der Waals surface area contributed by atoms with Gasteiger partial charge in [-0.05, 0) is 33.6 Å². The summed E-state index contributed by atoms with van der Waals surface area (Å²) in [6.45, 7) is 13.9. The number of rotatable bonds is 8. The second-order valence-electron chi connectivity index (χ2n) is 6.03. The molecule has 1 saturated heterocycles. The van der Waals surface area contributed by atoms with Crippen molar-refractivity contribution in [2.24, 2.45) is 5.92 Å². The monoisotopic (exact) mass is 572 g/mol. The fourth-order valence-electron chi connectivity index (χ4n) is 2.48. The summed E-state index contributed by atoms with van der Waals surface area (Å²) in [5.74, 6) is -0.243. The number of esters is 1. The largest absolute Gasteiger partial charge is 0.544 e. The Hall–Kier alpha value is 0.792. The van der Waals surface area contributed by atoms with Crippen molar-refractivity contribution in [2.75, 3.05) is 13.7 Å². The zero-order valence-corrected chi connectivity index (χ0v) is 20.2. The third kappa shape index (κ3) is 7.28. The minimum absolute atomic E-state index is 0. The van der Waals surface area contributed by atoms with Crippen LogP contribution in [-0.4, -0.2) is 48.6 Å². The van der Waals surface area contributed by atoms with Gasteiger partial charge in [-0.25, -0.2) is 4.67 Å². The first kappa shape index (κ1) is 23.8. The molecule has 0 aromatic carbocycles. The molecule has 0 spiro atoms. The Morgan fingerprint density at radius 3 is 2.30 bits per heavy atom. The maximum atomic E-state index is 11.1. The van der Waals surface area contributed by atoms with E-state index in [1.54, 1.807) is 13.7 Å². The molecule has 6 nitrogen and oxygen atoms in total. The third-order valence-corrected chi connectivity index (χ3v) is 5.53. The van der Waals surface area contributed by atoms with Gasteiger partial charge in [-0.1, -0.05) is 6.92 Å². The number of carbonyl (C=O) groups excluding carboxylic acids is 1. The van der Waals surface area contributed by atoms with Crippen molar-refractivity contribution in [3.8, 4) is 0 Å².